The van der Waals surface area contributed by atoms with E-state index < -0.39 is 8.07 Å². The molecular weight excluding hydrogens is 1110 g/mol. The van der Waals surface area contributed by atoms with Gasteiger partial charge in [0.15, 0.2) is 8.07 Å². The smallest absolute Gasteiger partial charge is 0.252 e. The first-order chi connectivity index (χ1) is 43.8. The summed E-state index contributed by atoms with van der Waals surface area (Å²) in [5, 5.41) is 5.64. The van der Waals surface area contributed by atoms with Gasteiger partial charge in [-0.15, -0.1) is 0 Å². The summed E-state index contributed by atoms with van der Waals surface area (Å²) in [7, 11) is -2.84. The van der Waals surface area contributed by atoms with Crippen molar-refractivity contribution in [2.75, 3.05) is 14.7 Å². The Morgan fingerprint density at radius 1 is 0.352 bits per heavy atom. The second kappa shape index (κ2) is 21.6. The van der Waals surface area contributed by atoms with Crippen molar-refractivity contribution in [2.45, 2.75) is 129 Å². The number of hydrogen-bond acceptors (Lipinski definition) is 3. The standard InChI is InChI=1S/C86H84BN3Si/c1-82(2,3)62-40-43-65(44-41-62)88-78-57-66(90-76-50-46-70(58-72(76)85(10)51-27-28-52-86(85,90)11)91(67-33-21-14-22-34-67,68-35-23-15-24-36-68)69-37-25-16-26-38-69)45-47-73(78)87-74-53-61(59-29-17-12-18-30-59)39-48-77(74)89(80-56-64(84(7,8)9)55-79(88)81(80)87)75-49-42-63(83(4,5)6)54-71(75)60-31-19-13-20-32-60/h12-26,29-50,53-58H,27-28,51-52H2,1-11H3/t85?,86-/m0/s1. The van der Waals surface area contributed by atoms with Crippen LogP contribution in [0.2, 0.25) is 0 Å². The molecule has 0 N–H and O–H groups in total. The van der Waals surface area contributed by atoms with E-state index in [1.54, 1.807) is 0 Å². The molecule has 3 heterocycles. The fourth-order valence-electron chi connectivity index (χ4n) is 16.5. The van der Waals surface area contributed by atoms with E-state index in [9.17, 15) is 0 Å². The van der Waals surface area contributed by atoms with Crippen molar-refractivity contribution in [1.82, 2.24) is 0 Å². The molecule has 1 fully saturated rings. The van der Waals surface area contributed by atoms with E-state index in [4.69, 9.17) is 0 Å². The molecule has 0 amide bonds. The van der Waals surface area contributed by atoms with Crippen LogP contribution in [0, 0.1) is 0 Å². The Balaban J connectivity index is 1.00. The number of anilines is 8. The molecule has 11 aromatic rings. The van der Waals surface area contributed by atoms with E-state index in [0.717, 1.165) is 18.5 Å². The molecule has 3 aliphatic heterocycles. The molecule has 450 valence electrons. The summed E-state index contributed by atoms with van der Waals surface area (Å²) in [6.07, 6.45) is 4.61. The lowest BCUT2D eigenvalue weighted by atomic mass is 9.33. The highest BCUT2D eigenvalue weighted by molar-refractivity contribution is 7.20. The van der Waals surface area contributed by atoms with Crippen LogP contribution >= 0.6 is 0 Å². The summed E-state index contributed by atoms with van der Waals surface area (Å²) in [6, 6.07) is 101. The van der Waals surface area contributed by atoms with Gasteiger partial charge in [0.1, 0.15) is 0 Å². The van der Waals surface area contributed by atoms with Crippen molar-refractivity contribution < 1.29 is 0 Å². The Morgan fingerprint density at radius 2 is 0.857 bits per heavy atom. The lowest BCUT2D eigenvalue weighted by molar-refractivity contribution is 0.195. The molecule has 5 heteroatoms. The molecule has 1 saturated carbocycles. The van der Waals surface area contributed by atoms with E-state index in [-0.39, 0.29) is 33.9 Å². The van der Waals surface area contributed by atoms with Crippen LogP contribution in [0.25, 0.3) is 22.3 Å². The average Bonchev–Trinajstić information content (AvgIpc) is 1.66. The molecule has 0 spiro atoms. The van der Waals surface area contributed by atoms with Gasteiger partial charge in [-0.05, 0) is 173 Å². The van der Waals surface area contributed by atoms with Crippen LogP contribution in [0.15, 0.2) is 261 Å². The number of rotatable bonds is 9. The summed E-state index contributed by atoms with van der Waals surface area (Å²) in [5.74, 6) is 0. The molecule has 0 aromatic heterocycles. The fraction of sp³-hybridized carbons (Fsp3) is 0.233. The summed E-state index contributed by atoms with van der Waals surface area (Å²) in [4.78, 5) is 8.14. The van der Waals surface area contributed by atoms with Crippen molar-refractivity contribution in [3.8, 4) is 22.3 Å². The molecular formula is C86H84BN3Si. The minimum Gasteiger partial charge on any atom is -0.334 e. The van der Waals surface area contributed by atoms with Crippen LogP contribution < -0.4 is 51.8 Å². The Morgan fingerprint density at radius 3 is 1.44 bits per heavy atom. The zero-order valence-electron chi connectivity index (χ0n) is 55.1. The van der Waals surface area contributed by atoms with E-state index in [1.807, 2.05) is 0 Å². The number of nitrogens with zero attached hydrogens (tertiary/aromatic N) is 3. The summed E-state index contributed by atoms with van der Waals surface area (Å²) in [5.41, 5.74) is 23.5. The molecule has 2 atom stereocenters. The minimum absolute atomic E-state index is 0.0157. The van der Waals surface area contributed by atoms with E-state index >= 15 is 0 Å². The molecule has 1 unspecified atom stereocenters. The summed E-state index contributed by atoms with van der Waals surface area (Å²) < 4.78 is 0. The second-order valence-corrected chi connectivity index (χ2v) is 33.8. The van der Waals surface area contributed by atoms with Gasteiger partial charge in [-0.2, -0.15) is 0 Å². The topological polar surface area (TPSA) is 9.72 Å². The normalized spacial score (nSPS) is 17.7. The van der Waals surface area contributed by atoms with E-state index in [1.165, 1.54) is 134 Å². The van der Waals surface area contributed by atoms with Crippen molar-refractivity contribution in [3.05, 3.63) is 283 Å². The Kier molecular flexibility index (Phi) is 13.9. The van der Waals surface area contributed by atoms with Crippen LogP contribution in [0.5, 0.6) is 0 Å². The fourth-order valence-corrected chi connectivity index (χ4v) is 21.3. The highest BCUT2D eigenvalue weighted by Gasteiger charge is 2.59. The third-order valence-electron chi connectivity index (χ3n) is 21.6. The summed E-state index contributed by atoms with van der Waals surface area (Å²) in [6.45, 7) is 26.3. The van der Waals surface area contributed by atoms with Crippen molar-refractivity contribution in [1.29, 1.82) is 0 Å². The van der Waals surface area contributed by atoms with Gasteiger partial charge in [0.05, 0.1) is 11.2 Å². The van der Waals surface area contributed by atoms with Gasteiger partial charge >= 0.3 is 0 Å². The van der Waals surface area contributed by atoms with E-state index in [0.29, 0.717) is 0 Å². The third-order valence-corrected chi connectivity index (χ3v) is 26.4. The zero-order chi connectivity index (χ0) is 62.8. The molecule has 0 bridgehead atoms. The molecule has 3 nitrogen and oxygen atoms in total. The Hall–Kier alpha value is -8.90. The van der Waals surface area contributed by atoms with Crippen LogP contribution in [0.1, 0.15) is 124 Å². The highest BCUT2D eigenvalue weighted by atomic mass is 28.3. The first-order valence-electron chi connectivity index (χ1n) is 33.3. The number of hydrogen-bond donors (Lipinski definition) is 0. The average molecular weight is 1200 g/mol. The third kappa shape index (κ3) is 9.34. The number of fused-ring (bicyclic) bond motifs is 7. The maximum Gasteiger partial charge on any atom is 0.252 e. The van der Waals surface area contributed by atoms with Gasteiger partial charge in [-0.1, -0.05) is 282 Å². The van der Waals surface area contributed by atoms with Crippen molar-refractivity contribution in [3.63, 3.8) is 0 Å². The molecule has 0 saturated heterocycles. The van der Waals surface area contributed by atoms with Gasteiger partial charge in [0, 0.05) is 50.8 Å². The van der Waals surface area contributed by atoms with Crippen molar-refractivity contribution in [2.24, 2.45) is 0 Å². The van der Waals surface area contributed by atoms with Crippen molar-refractivity contribution >= 4 is 97.4 Å². The molecule has 0 radical (unpaired) electrons. The van der Waals surface area contributed by atoms with Gasteiger partial charge in [0.25, 0.3) is 6.71 Å². The highest BCUT2D eigenvalue weighted by Crippen LogP contribution is 2.61. The van der Waals surface area contributed by atoms with Gasteiger partial charge in [0.2, 0.25) is 0 Å². The molecule has 11 aromatic carbocycles. The quantitative estimate of drug-likeness (QED) is 0.105. The van der Waals surface area contributed by atoms with E-state index in [2.05, 4.69) is 352 Å². The van der Waals surface area contributed by atoms with Crippen LogP contribution in [0.3, 0.4) is 0 Å². The Bertz CT molecular complexity index is 4470. The maximum absolute atomic E-state index is 2.84. The van der Waals surface area contributed by atoms with Gasteiger partial charge in [-0.3, -0.25) is 0 Å². The molecule has 1 aliphatic carbocycles. The van der Waals surface area contributed by atoms with Crippen LogP contribution in [-0.4, -0.2) is 20.3 Å². The lowest BCUT2D eigenvalue weighted by Gasteiger charge is -2.51. The predicted molar refractivity (Wildman–Crippen MR) is 394 cm³/mol. The first kappa shape index (κ1) is 58.5. The molecule has 4 aliphatic rings. The Labute approximate surface area is 543 Å². The first-order valence-corrected chi connectivity index (χ1v) is 35.3. The molecule has 15 rings (SSSR count). The van der Waals surface area contributed by atoms with Crippen LogP contribution in [-0.2, 0) is 21.7 Å². The number of benzene rings is 11. The maximum atomic E-state index is 2.83. The molecule has 91 heavy (non-hydrogen) atoms. The van der Waals surface area contributed by atoms with Crippen LogP contribution in [0.4, 0.5) is 45.5 Å². The monoisotopic (exact) mass is 1200 g/mol. The predicted octanol–water partition coefficient (Wildman–Crippen LogP) is 18.1. The zero-order valence-corrected chi connectivity index (χ0v) is 56.1. The summed E-state index contributed by atoms with van der Waals surface area (Å²) >= 11 is 0. The van der Waals surface area contributed by atoms with Gasteiger partial charge in [-0.25, -0.2) is 0 Å². The lowest BCUT2D eigenvalue weighted by Crippen LogP contribution is -2.74. The largest absolute Gasteiger partial charge is 0.334 e. The minimum atomic E-state index is -2.84. The van der Waals surface area contributed by atoms with Gasteiger partial charge < -0.3 is 14.7 Å². The second-order valence-electron chi connectivity index (χ2n) is 30.0. The SMILES string of the molecule is CC(C)(C)c1ccc(N2c3cc(N4c5ccc([Si](c6ccccc6)(c6ccccc6)c6ccccc6)cc5C5(C)CCCC[C@]45C)ccc3B3c4cc(-c5ccccc5)ccc4N(c4ccc(C(C)(C)C)cc4-c4ccccc4)c4cc(C(C)(C)C)cc2c43)cc1.